The average Bonchev–Trinajstić information content (AvgIpc) is 2.62. The molecule has 0 bridgehead atoms. The van der Waals surface area contributed by atoms with Gasteiger partial charge in [0.25, 0.3) is 5.91 Å². The van der Waals surface area contributed by atoms with Crippen LogP contribution < -0.4 is 5.32 Å². The van der Waals surface area contributed by atoms with E-state index in [-0.39, 0.29) is 17.5 Å². The second-order valence-corrected chi connectivity index (χ2v) is 6.20. The van der Waals surface area contributed by atoms with Crippen LogP contribution in [-0.4, -0.2) is 23.0 Å². The van der Waals surface area contributed by atoms with Gasteiger partial charge in [0.15, 0.2) is 0 Å². The highest BCUT2D eigenvalue weighted by Crippen LogP contribution is 2.28. The van der Waals surface area contributed by atoms with Crippen molar-refractivity contribution in [2.24, 2.45) is 0 Å². The van der Waals surface area contributed by atoms with Gasteiger partial charge in [-0.25, -0.2) is 4.79 Å². The number of carbonyl (C=O) groups excluding carboxylic acids is 1. The van der Waals surface area contributed by atoms with Crippen molar-refractivity contribution in [3.8, 4) is 11.1 Å². The maximum atomic E-state index is 12.7. The molecular formula is C20H21NO3. The molecule has 3 rings (SSSR count). The molecule has 124 valence electrons. The van der Waals surface area contributed by atoms with Crippen LogP contribution >= 0.6 is 0 Å². The summed E-state index contributed by atoms with van der Waals surface area (Å²) in [6.07, 6.45) is 5.55. The van der Waals surface area contributed by atoms with Crippen molar-refractivity contribution in [1.29, 1.82) is 0 Å². The topological polar surface area (TPSA) is 66.4 Å². The highest BCUT2D eigenvalue weighted by atomic mass is 16.4. The standard InChI is InChI=1S/C20H21NO3/c22-19(21-14-8-2-1-3-9-14)17-12-6-4-10-15(17)16-11-5-7-13-18(16)20(23)24/h4-7,10-14H,1-3,8-9H2,(H,21,22)(H,23,24). The number of hydrogen-bond donors (Lipinski definition) is 2. The number of hydrogen-bond acceptors (Lipinski definition) is 2. The number of amides is 1. The highest BCUT2D eigenvalue weighted by molar-refractivity contribution is 6.04. The van der Waals surface area contributed by atoms with Crippen LogP contribution in [0, 0.1) is 0 Å². The van der Waals surface area contributed by atoms with Crippen molar-refractivity contribution in [3.05, 3.63) is 59.7 Å². The number of rotatable bonds is 4. The van der Waals surface area contributed by atoms with Gasteiger partial charge in [-0.15, -0.1) is 0 Å². The predicted molar refractivity (Wildman–Crippen MR) is 93.2 cm³/mol. The molecule has 0 radical (unpaired) electrons. The molecule has 0 unspecified atom stereocenters. The van der Waals surface area contributed by atoms with Crippen molar-refractivity contribution in [3.63, 3.8) is 0 Å². The molecule has 0 aromatic heterocycles. The summed E-state index contributed by atoms with van der Waals surface area (Å²) in [6, 6.07) is 14.2. The zero-order valence-electron chi connectivity index (χ0n) is 13.5. The molecule has 0 atom stereocenters. The van der Waals surface area contributed by atoms with E-state index in [9.17, 15) is 14.7 Å². The summed E-state index contributed by atoms with van der Waals surface area (Å²) in [7, 11) is 0. The molecule has 4 heteroatoms. The lowest BCUT2D eigenvalue weighted by Gasteiger charge is -2.23. The summed E-state index contributed by atoms with van der Waals surface area (Å²) in [5, 5.41) is 12.5. The minimum Gasteiger partial charge on any atom is -0.478 e. The maximum Gasteiger partial charge on any atom is 0.336 e. The molecule has 0 spiro atoms. The minimum atomic E-state index is -0.993. The Morgan fingerprint density at radius 3 is 2.00 bits per heavy atom. The normalized spacial score (nSPS) is 15.0. The first kappa shape index (κ1) is 16.2. The molecule has 2 aromatic carbocycles. The molecule has 2 aromatic rings. The molecule has 0 heterocycles. The van der Waals surface area contributed by atoms with Crippen molar-refractivity contribution < 1.29 is 14.7 Å². The van der Waals surface area contributed by atoms with Gasteiger partial charge in [0.1, 0.15) is 0 Å². The fourth-order valence-corrected chi connectivity index (χ4v) is 3.33. The minimum absolute atomic E-state index is 0.127. The van der Waals surface area contributed by atoms with Gasteiger partial charge in [0, 0.05) is 11.6 Å². The highest BCUT2D eigenvalue weighted by Gasteiger charge is 2.20. The Morgan fingerprint density at radius 1 is 0.833 bits per heavy atom. The average molecular weight is 323 g/mol. The Kier molecular flexibility index (Phi) is 4.94. The van der Waals surface area contributed by atoms with E-state index < -0.39 is 5.97 Å². The van der Waals surface area contributed by atoms with E-state index >= 15 is 0 Å². The smallest absolute Gasteiger partial charge is 0.336 e. The third-order valence-corrected chi connectivity index (χ3v) is 4.56. The second kappa shape index (κ2) is 7.30. The van der Waals surface area contributed by atoms with E-state index in [4.69, 9.17) is 0 Å². The van der Waals surface area contributed by atoms with Crippen LogP contribution in [0.2, 0.25) is 0 Å². The summed E-state index contributed by atoms with van der Waals surface area (Å²) in [5.74, 6) is -1.12. The molecule has 24 heavy (non-hydrogen) atoms. The van der Waals surface area contributed by atoms with Crippen LogP contribution in [0.3, 0.4) is 0 Å². The molecule has 4 nitrogen and oxygen atoms in total. The third-order valence-electron chi connectivity index (χ3n) is 4.56. The van der Waals surface area contributed by atoms with Crippen molar-refractivity contribution >= 4 is 11.9 Å². The number of nitrogens with one attached hydrogen (secondary N) is 1. The Balaban J connectivity index is 1.93. The molecule has 1 aliphatic rings. The molecular weight excluding hydrogens is 302 g/mol. The van der Waals surface area contributed by atoms with Crippen molar-refractivity contribution in [2.45, 2.75) is 38.1 Å². The van der Waals surface area contributed by atoms with E-state index in [2.05, 4.69) is 5.32 Å². The molecule has 0 aliphatic heterocycles. The summed E-state index contributed by atoms with van der Waals surface area (Å²) in [4.78, 5) is 24.2. The first-order valence-corrected chi connectivity index (χ1v) is 8.39. The lowest BCUT2D eigenvalue weighted by molar-refractivity contribution is 0.0697. The fraction of sp³-hybridized carbons (Fsp3) is 0.300. The Morgan fingerprint density at radius 2 is 1.38 bits per heavy atom. The molecule has 0 saturated heterocycles. The fourth-order valence-electron chi connectivity index (χ4n) is 3.33. The molecule has 1 fully saturated rings. The number of benzene rings is 2. The SMILES string of the molecule is O=C(O)c1ccccc1-c1ccccc1C(=O)NC1CCCCC1. The van der Waals surface area contributed by atoms with Gasteiger partial charge in [-0.05, 0) is 36.1 Å². The van der Waals surface area contributed by atoms with Crippen LogP contribution in [0.25, 0.3) is 11.1 Å². The summed E-state index contributed by atoms with van der Waals surface area (Å²) >= 11 is 0. The zero-order chi connectivity index (χ0) is 16.9. The molecule has 1 saturated carbocycles. The van der Waals surface area contributed by atoms with E-state index in [1.165, 1.54) is 6.42 Å². The first-order chi connectivity index (χ1) is 11.7. The van der Waals surface area contributed by atoms with E-state index in [0.29, 0.717) is 16.7 Å². The third kappa shape index (κ3) is 3.48. The lowest BCUT2D eigenvalue weighted by Crippen LogP contribution is -2.36. The maximum absolute atomic E-state index is 12.7. The first-order valence-electron chi connectivity index (χ1n) is 8.39. The van der Waals surface area contributed by atoms with Crippen molar-refractivity contribution in [2.75, 3.05) is 0 Å². The number of aromatic carboxylic acids is 1. The second-order valence-electron chi connectivity index (χ2n) is 6.20. The number of carboxylic acids is 1. The molecule has 1 aliphatic carbocycles. The van der Waals surface area contributed by atoms with E-state index in [1.807, 2.05) is 12.1 Å². The van der Waals surface area contributed by atoms with Crippen LogP contribution in [0.1, 0.15) is 52.8 Å². The monoisotopic (exact) mass is 323 g/mol. The van der Waals surface area contributed by atoms with Gasteiger partial charge < -0.3 is 10.4 Å². The van der Waals surface area contributed by atoms with Gasteiger partial charge >= 0.3 is 5.97 Å². The molecule has 2 N–H and O–H groups in total. The predicted octanol–water partition coefficient (Wildman–Crippen LogP) is 4.11. The Bertz CT molecular complexity index is 748. The van der Waals surface area contributed by atoms with Gasteiger partial charge in [0.05, 0.1) is 5.56 Å². The van der Waals surface area contributed by atoms with E-state index in [0.717, 1.165) is 25.7 Å². The quantitative estimate of drug-likeness (QED) is 0.889. The summed E-state index contributed by atoms with van der Waals surface area (Å²) in [6.45, 7) is 0. The van der Waals surface area contributed by atoms with Gasteiger partial charge in [-0.3, -0.25) is 4.79 Å². The Labute approximate surface area is 141 Å². The lowest BCUT2D eigenvalue weighted by atomic mass is 9.93. The molecule has 1 amide bonds. The van der Waals surface area contributed by atoms with Crippen LogP contribution in [-0.2, 0) is 0 Å². The van der Waals surface area contributed by atoms with Crippen LogP contribution in [0.4, 0.5) is 0 Å². The van der Waals surface area contributed by atoms with Gasteiger partial charge in [0.2, 0.25) is 0 Å². The van der Waals surface area contributed by atoms with Gasteiger partial charge in [-0.1, -0.05) is 55.7 Å². The van der Waals surface area contributed by atoms with Crippen molar-refractivity contribution in [1.82, 2.24) is 5.32 Å². The summed E-state index contributed by atoms with van der Waals surface area (Å²) < 4.78 is 0. The van der Waals surface area contributed by atoms with E-state index in [1.54, 1.807) is 36.4 Å². The zero-order valence-corrected chi connectivity index (χ0v) is 13.5. The van der Waals surface area contributed by atoms with Crippen LogP contribution in [0.5, 0.6) is 0 Å². The summed E-state index contributed by atoms with van der Waals surface area (Å²) in [5.41, 5.74) is 1.95. The largest absolute Gasteiger partial charge is 0.478 e. The van der Waals surface area contributed by atoms with Crippen LogP contribution in [0.15, 0.2) is 48.5 Å². The number of carbonyl (C=O) groups is 2. The van der Waals surface area contributed by atoms with Gasteiger partial charge in [-0.2, -0.15) is 0 Å². The Hall–Kier alpha value is -2.62. The number of carboxylic acid groups (broad SMARTS) is 1.